The third-order valence-corrected chi connectivity index (χ3v) is 8.56. The third kappa shape index (κ3) is 5.77. The van der Waals surface area contributed by atoms with Crippen LogP contribution < -0.4 is 9.47 Å². The molecule has 8 rings (SSSR count). The number of imidazole rings is 1. The van der Waals surface area contributed by atoms with Crippen molar-refractivity contribution in [2.24, 2.45) is 0 Å². The van der Waals surface area contributed by atoms with E-state index in [1.807, 2.05) is 42.5 Å². The Balaban J connectivity index is 0.000000241. The summed E-state index contributed by atoms with van der Waals surface area (Å²) in [5.74, 6) is 0.934. The first-order valence-corrected chi connectivity index (χ1v) is 15.6. The smallest absolute Gasteiger partial charge is 0.390 e. The Morgan fingerprint density at radius 1 is 0.739 bits per heavy atom. The van der Waals surface area contributed by atoms with Gasteiger partial charge in [-0.2, -0.15) is 0 Å². The Kier molecular flexibility index (Phi) is 8.90. The standard InChI is InChI=1S/C30H28N3.C11H8N.Ir/c1-19(2)23-13-24(20(3)4)15-25(14-23)32-18-33-29-17-22-10-7-6-9-21(22)16-28(29)31(5)26-11-8-12-27(32)30(26)33;1-2-6-10(7-3-1)11-8-4-5-9-12-11;/h6-16,19-20H,1-5H3;1-6,8-9H;/q2*-1;+3. The molecule has 2 aromatic heterocycles. The van der Waals surface area contributed by atoms with Crippen LogP contribution in [0, 0.1) is 18.5 Å². The van der Waals surface area contributed by atoms with Crippen LogP contribution in [0.1, 0.15) is 50.7 Å². The van der Waals surface area contributed by atoms with Crippen molar-refractivity contribution in [2.45, 2.75) is 39.5 Å². The molecule has 0 spiro atoms. The average Bonchev–Trinajstić information content (AvgIpc) is 3.48. The van der Waals surface area contributed by atoms with Gasteiger partial charge in [-0.25, -0.2) is 0 Å². The van der Waals surface area contributed by atoms with E-state index in [1.165, 1.54) is 27.7 Å². The summed E-state index contributed by atoms with van der Waals surface area (Å²) in [6.07, 6.45) is 5.48. The maximum absolute atomic E-state index is 4.22. The second kappa shape index (κ2) is 13.0. The van der Waals surface area contributed by atoms with E-state index < -0.39 is 0 Å². The normalized spacial score (nSPS) is 11.8. The minimum absolute atomic E-state index is 0. The molecule has 0 saturated heterocycles. The summed E-state index contributed by atoms with van der Waals surface area (Å²) >= 11 is 0. The van der Waals surface area contributed by atoms with E-state index in [4.69, 9.17) is 0 Å². The molecule has 1 aliphatic rings. The first-order valence-electron chi connectivity index (χ1n) is 15.6. The predicted molar refractivity (Wildman–Crippen MR) is 185 cm³/mol. The molecule has 0 N–H and O–H groups in total. The summed E-state index contributed by atoms with van der Waals surface area (Å²) in [5.41, 5.74) is 11.6. The second-order valence-electron chi connectivity index (χ2n) is 12.2. The van der Waals surface area contributed by atoms with Gasteiger partial charge in [-0.1, -0.05) is 70.2 Å². The van der Waals surface area contributed by atoms with Gasteiger partial charge in [-0.05, 0) is 58.6 Å². The Morgan fingerprint density at radius 3 is 2.17 bits per heavy atom. The van der Waals surface area contributed by atoms with Gasteiger partial charge in [0.25, 0.3) is 6.33 Å². The molecular weight excluding hydrogens is 741 g/mol. The van der Waals surface area contributed by atoms with E-state index >= 15 is 0 Å². The quantitative estimate of drug-likeness (QED) is 0.132. The number of anilines is 2. The van der Waals surface area contributed by atoms with Gasteiger partial charge in [-0.15, -0.1) is 70.9 Å². The van der Waals surface area contributed by atoms with Crippen LogP contribution in [0.25, 0.3) is 44.4 Å². The van der Waals surface area contributed by atoms with Crippen molar-refractivity contribution in [2.75, 3.05) is 11.9 Å². The zero-order valence-corrected chi connectivity index (χ0v) is 29.1. The van der Waals surface area contributed by atoms with Gasteiger partial charge < -0.3 is 14.5 Å². The fourth-order valence-electron chi connectivity index (χ4n) is 5.99. The molecule has 0 saturated carbocycles. The molecule has 0 radical (unpaired) electrons. The van der Waals surface area contributed by atoms with Crippen LogP contribution in [-0.4, -0.2) is 16.6 Å². The van der Waals surface area contributed by atoms with E-state index in [0.29, 0.717) is 11.8 Å². The van der Waals surface area contributed by atoms with Crippen LogP contribution in [0.2, 0.25) is 0 Å². The van der Waals surface area contributed by atoms with Crippen molar-refractivity contribution >= 4 is 33.2 Å². The summed E-state index contributed by atoms with van der Waals surface area (Å²) in [6.45, 7) is 9.05. The molecule has 228 valence electrons. The van der Waals surface area contributed by atoms with Crippen molar-refractivity contribution in [1.82, 2.24) is 9.55 Å². The van der Waals surface area contributed by atoms with Gasteiger partial charge in [0.15, 0.2) is 0 Å². The molecule has 4 nitrogen and oxygen atoms in total. The fraction of sp³-hybridized carbons (Fsp3) is 0.171. The molecular formula is C41H36IrN4+. The van der Waals surface area contributed by atoms with E-state index in [9.17, 15) is 0 Å². The van der Waals surface area contributed by atoms with Crippen LogP contribution >= 0.6 is 0 Å². The molecule has 0 bridgehead atoms. The Bertz CT molecular complexity index is 2070. The number of para-hydroxylation sites is 1. The largest absolute Gasteiger partial charge is 3.00 e. The molecule has 0 aliphatic carbocycles. The molecule has 5 aromatic carbocycles. The van der Waals surface area contributed by atoms with Crippen molar-refractivity contribution in [3.05, 3.63) is 145 Å². The zero-order valence-electron chi connectivity index (χ0n) is 26.7. The van der Waals surface area contributed by atoms with Crippen LogP contribution in [-0.2, 0) is 20.1 Å². The summed E-state index contributed by atoms with van der Waals surface area (Å²) in [4.78, 5) is 6.50. The van der Waals surface area contributed by atoms with E-state index in [-0.39, 0.29) is 20.1 Å². The van der Waals surface area contributed by atoms with E-state index in [1.54, 1.807) is 6.20 Å². The minimum Gasteiger partial charge on any atom is -0.390 e. The minimum atomic E-state index is 0. The summed E-state index contributed by atoms with van der Waals surface area (Å²) in [7, 11) is 2.15. The van der Waals surface area contributed by atoms with Gasteiger partial charge in [0, 0.05) is 24.6 Å². The summed E-state index contributed by atoms with van der Waals surface area (Å²) in [5, 5.41) is 2.32. The van der Waals surface area contributed by atoms with Gasteiger partial charge in [-0.3, -0.25) is 4.57 Å². The molecule has 0 amide bonds. The first-order chi connectivity index (χ1) is 21.9. The molecule has 0 atom stereocenters. The third-order valence-electron chi connectivity index (χ3n) is 8.56. The fourth-order valence-corrected chi connectivity index (χ4v) is 5.99. The molecule has 0 fully saturated rings. The number of benzene rings is 5. The van der Waals surface area contributed by atoms with Crippen LogP contribution in [0.15, 0.2) is 115 Å². The van der Waals surface area contributed by atoms with Crippen LogP contribution in [0.5, 0.6) is 0 Å². The number of hydrogen-bond donors (Lipinski definition) is 0. The number of hydrogen-bond acceptors (Lipinski definition) is 2. The van der Waals surface area contributed by atoms with Gasteiger partial charge in [0.1, 0.15) is 5.52 Å². The second-order valence-corrected chi connectivity index (χ2v) is 12.2. The number of aromatic nitrogens is 3. The molecule has 3 heterocycles. The van der Waals surface area contributed by atoms with Crippen molar-refractivity contribution < 1.29 is 24.7 Å². The zero-order chi connectivity index (χ0) is 31.1. The van der Waals surface area contributed by atoms with Gasteiger partial charge in [0.2, 0.25) is 0 Å². The van der Waals surface area contributed by atoms with Gasteiger partial charge >= 0.3 is 20.1 Å². The predicted octanol–water partition coefficient (Wildman–Crippen LogP) is 9.54. The monoisotopic (exact) mass is 777 g/mol. The SMILES string of the molecule is CC(C)c1cc(C(C)C)cc(-n2[c-][n+]3c4c(cccc42)N(C)c2cc4ccccc4[c-]c2-3)c1.[Ir+3].[c-]1ccccc1-c1ccccn1. The van der Waals surface area contributed by atoms with Gasteiger partial charge in [0.05, 0.1) is 11.2 Å². The number of pyridine rings is 1. The Morgan fingerprint density at radius 2 is 1.48 bits per heavy atom. The van der Waals surface area contributed by atoms with Crippen molar-refractivity contribution in [1.29, 1.82) is 0 Å². The summed E-state index contributed by atoms with van der Waals surface area (Å²) < 4.78 is 4.42. The molecule has 0 unspecified atom stereocenters. The number of nitrogens with zero attached hydrogens (tertiary/aromatic N) is 4. The first kappa shape index (κ1) is 31.4. The summed E-state index contributed by atoms with van der Waals surface area (Å²) in [6, 6.07) is 44.7. The number of fused-ring (bicyclic) bond motifs is 3. The van der Waals surface area contributed by atoms with Crippen LogP contribution in [0.3, 0.4) is 0 Å². The average molecular weight is 777 g/mol. The van der Waals surface area contributed by atoms with E-state index in [0.717, 1.165) is 39.2 Å². The molecule has 1 aliphatic heterocycles. The van der Waals surface area contributed by atoms with Crippen molar-refractivity contribution in [3.63, 3.8) is 0 Å². The van der Waals surface area contributed by atoms with Crippen LogP contribution in [0.4, 0.5) is 11.4 Å². The Labute approximate surface area is 285 Å². The number of rotatable bonds is 4. The topological polar surface area (TPSA) is 24.9 Å². The molecule has 5 heteroatoms. The molecule has 46 heavy (non-hydrogen) atoms. The van der Waals surface area contributed by atoms with E-state index in [2.05, 4.69) is 139 Å². The van der Waals surface area contributed by atoms with Crippen molar-refractivity contribution in [3.8, 4) is 22.6 Å². The maximum Gasteiger partial charge on any atom is 3.00 e. The Hall–Kier alpha value is -4.57. The molecule has 7 aromatic rings. The maximum atomic E-state index is 4.22.